The molecule has 4 unspecified atom stereocenters. The molecule has 0 aromatic heterocycles. The molecule has 3 heteroatoms. The van der Waals surface area contributed by atoms with E-state index in [2.05, 4.69) is 45.0 Å². The third kappa shape index (κ3) is 3.25. The highest BCUT2D eigenvalue weighted by Gasteiger charge is 2.39. The second kappa shape index (κ2) is 5.48. The number of morpholine rings is 1. The molecule has 1 N–H and O–H groups in total. The van der Waals surface area contributed by atoms with Crippen LogP contribution in [-0.2, 0) is 4.74 Å². The summed E-state index contributed by atoms with van der Waals surface area (Å²) >= 11 is 0. The summed E-state index contributed by atoms with van der Waals surface area (Å²) in [5.74, 6) is 0. The Kier molecular flexibility index (Phi) is 4.35. The number of hydrogen-bond donors (Lipinski definition) is 1. The minimum Gasteiger partial charge on any atom is -0.373 e. The summed E-state index contributed by atoms with van der Waals surface area (Å²) in [5, 5.41) is 3.54. The summed E-state index contributed by atoms with van der Waals surface area (Å²) in [6.45, 7) is 11.4. The van der Waals surface area contributed by atoms with Crippen LogP contribution in [-0.4, -0.2) is 49.3 Å². The summed E-state index contributed by atoms with van der Waals surface area (Å²) in [4.78, 5) is 2.67. The number of likely N-dealkylation sites (N-methyl/N-ethyl adjacent to an activating group) is 1. The van der Waals surface area contributed by atoms with Crippen molar-refractivity contribution >= 4 is 0 Å². The van der Waals surface area contributed by atoms with Gasteiger partial charge in [0.15, 0.2) is 0 Å². The van der Waals surface area contributed by atoms with Gasteiger partial charge in [0.1, 0.15) is 0 Å². The minimum atomic E-state index is 0.372. The maximum atomic E-state index is 5.87. The van der Waals surface area contributed by atoms with E-state index in [4.69, 9.17) is 4.74 Å². The van der Waals surface area contributed by atoms with E-state index >= 15 is 0 Å². The van der Waals surface area contributed by atoms with Crippen molar-refractivity contribution in [2.75, 3.05) is 20.1 Å². The smallest absolute Gasteiger partial charge is 0.0678 e. The van der Waals surface area contributed by atoms with E-state index in [1.165, 1.54) is 19.3 Å². The first-order chi connectivity index (χ1) is 8.41. The average molecular weight is 254 g/mol. The van der Waals surface area contributed by atoms with Gasteiger partial charge in [-0.3, -0.25) is 4.90 Å². The van der Waals surface area contributed by atoms with E-state index in [0.717, 1.165) is 13.1 Å². The second-order valence-corrected chi connectivity index (χ2v) is 7.08. The summed E-state index contributed by atoms with van der Waals surface area (Å²) in [5.41, 5.74) is 0.489. The Hall–Kier alpha value is -0.120. The van der Waals surface area contributed by atoms with E-state index in [0.29, 0.717) is 29.7 Å². The molecule has 1 heterocycles. The van der Waals surface area contributed by atoms with Crippen LogP contribution >= 0.6 is 0 Å². The van der Waals surface area contributed by atoms with Crippen LogP contribution in [0.3, 0.4) is 0 Å². The highest BCUT2D eigenvalue weighted by molar-refractivity contribution is 4.95. The average Bonchev–Trinajstić information content (AvgIpc) is 2.26. The lowest BCUT2D eigenvalue weighted by Crippen LogP contribution is -2.59. The van der Waals surface area contributed by atoms with Crippen LogP contribution < -0.4 is 5.32 Å². The lowest BCUT2D eigenvalue weighted by Gasteiger charge is -2.49. The normalized spacial score (nSPS) is 41.8. The molecule has 1 aliphatic heterocycles. The molecule has 18 heavy (non-hydrogen) atoms. The van der Waals surface area contributed by atoms with Crippen LogP contribution in [0.25, 0.3) is 0 Å². The highest BCUT2D eigenvalue weighted by atomic mass is 16.5. The van der Waals surface area contributed by atoms with Gasteiger partial charge in [-0.15, -0.1) is 0 Å². The molecule has 0 amide bonds. The Balaban J connectivity index is 2.07. The van der Waals surface area contributed by atoms with Gasteiger partial charge < -0.3 is 10.1 Å². The van der Waals surface area contributed by atoms with Crippen molar-refractivity contribution < 1.29 is 4.74 Å². The fraction of sp³-hybridized carbons (Fsp3) is 1.00. The topological polar surface area (TPSA) is 24.5 Å². The molecule has 0 bridgehead atoms. The van der Waals surface area contributed by atoms with Gasteiger partial charge in [-0.1, -0.05) is 13.8 Å². The van der Waals surface area contributed by atoms with Crippen LogP contribution in [0.4, 0.5) is 0 Å². The van der Waals surface area contributed by atoms with Gasteiger partial charge in [-0.2, -0.15) is 0 Å². The highest BCUT2D eigenvalue weighted by Crippen LogP contribution is 2.38. The van der Waals surface area contributed by atoms with Crippen LogP contribution in [0.15, 0.2) is 0 Å². The summed E-state index contributed by atoms with van der Waals surface area (Å²) < 4.78 is 5.87. The molecular formula is C15H30N2O. The molecule has 2 aliphatic rings. The molecule has 4 atom stereocenters. The first-order valence-corrected chi connectivity index (χ1v) is 7.48. The molecule has 0 radical (unpaired) electrons. The van der Waals surface area contributed by atoms with Crippen LogP contribution in [0.1, 0.15) is 47.0 Å². The molecule has 0 aromatic rings. The number of ether oxygens (including phenoxy) is 1. The maximum absolute atomic E-state index is 5.87. The first kappa shape index (κ1) is 14.3. The molecule has 0 spiro atoms. The standard InChI is InChI=1S/C15H30N2O/c1-11-9-17(10-12(2)18-11)14-8-15(3,4)7-6-13(14)16-5/h11-14,16H,6-10H2,1-5H3. The van der Waals surface area contributed by atoms with Gasteiger partial charge in [0.25, 0.3) is 0 Å². The number of nitrogens with zero attached hydrogens (tertiary/aromatic N) is 1. The lowest BCUT2D eigenvalue weighted by molar-refractivity contribution is -0.0937. The Labute approximate surface area is 112 Å². The molecule has 3 nitrogen and oxygen atoms in total. The predicted octanol–water partition coefficient (Wildman–Crippen LogP) is 2.26. The Bertz CT molecular complexity index is 270. The SMILES string of the molecule is CNC1CCC(C)(C)CC1N1CC(C)OC(C)C1. The van der Waals surface area contributed by atoms with Crippen molar-refractivity contribution in [3.8, 4) is 0 Å². The zero-order valence-corrected chi connectivity index (χ0v) is 12.7. The van der Waals surface area contributed by atoms with Crippen molar-refractivity contribution in [2.45, 2.75) is 71.2 Å². The van der Waals surface area contributed by atoms with Crippen molar-refractivity contribution in [2.24, 2.45) is 5.41 Å². The molecule has 106 valence electrons. The Morgan fingerprint density at radius 2 is 1.78 bits per heavy atom. The quantitative estimate of drug-likeness (QED) is 0.818. The molecule has 2 rings (SSSR count). The second-order valence-electron chi connectivity index (χ2n) is 7.08. The van der Waals surface area contributed by atoms with Gasteiger partial charge in [0.05, 0.1) is 12.2 Å². The van der Waals surface area contributed by atoms with Crippen LogP contribution in [0.2, 0.25) is 0 Å². The molecule has 2 fully saturated rings. The van der Waals surface area contributed by atoms with Gasteiger partial charge in [0.2, 0.25) is 0 Å². The van der Waals surface area contributed by atoms with E-state index in [9.17, 15) is 0 Å². The third-order valence-corrected chi connectivity index (χ3v) is 4.65. The summed E-state index contributed by atoms with van der Waals surface area (Å²) in [7, 11) is 2.11. The summed E-state index contributed by atoms with van der Waals surface area (Å²) in [6, 6.07) is 1.32. The molecule has 1 saturated heterocycles. The largest absolute Gasteiger partial charge is 0.373 e. The summed E-state index contributed by atoms with van der Waals surface area (Å²) in [6.07, 6.45) is 4.68. The van der Waals surface area contributed by atoms with E-state index in [1.54, 1.807) is 0 Å². The van der Waals surface area contributed by atoms with Gasteiger partial charge in [-0.05, 0) is 45.6 Å². The first-order valence-electron chi connectivity index (χ1n) is 7.48. The minimum absolute atomic E-state index is 0.372. The van der Waals surface area contributed by atoms with Crippen molar-refractivity contribution in [3.05, 3.63) is 0 Å². The number of rotatable bonds is 2. The zero-order valence-electron chi connectivity index (χ0n) is 12.7. The van der Waals surface area contributed by atoms with E-state index in [-0.39, 0.29) is 0 Å². The molecule has 1 aliphatic carbocycles. The Morgan fingerprint density at radius 3 is 2.33 bits per heavy atom. The van der Waals surface area contributed by atoms with E-state index < -0.39 is 0 Å². The van der Waals surface area contributed by atoms with Crippen molar-refractivity contribution in [1.82, 2.24) is 10.2 Å². The van der Waals surface area contributed by atoms with Crippen LogP contribution in [0, 0.1) is 5.41 Å². The maximum Gasteiger partial charge on any atom is 0.0678 e. The van der Waals surface area contributed by atoms with Gasteiger partial charge in [-0.25, -0.2) is 0 Å². The fourth-order valence-electron chi connectivity index (χ4n) is 3.76. The fourth-order valence-corrected chi connectivity index (χ4v) is 3.76. The third-order valence-electron chi connectivity index (χ3n) is 4.65. The number of nitrogens with one attached hydrogen (secondary N) is 1. The van der Waals surface area contributed by atoms with Gasteiger partial charge >= 0.3 is 0 Å². The van der Waals surface area contributed by atoms with Crippen molar-refractivity contribution in [3.63, 3.8) is 0 Å². The van der Waals surface area contributed by atoms with Crippen molar-refractivity contribution in [1.29, 1.82) is 0 Å². The number of hydrogen-bond acceptors (Lipinski definition) is 3. The molecule has 0 aromatic carbocycles. The Morgan fingerprint density at radius 1 is 1.17 bits per heavy atom. The predicted molar refractivity (Wildman–Crippen MR) is 75.8 cm³/mol. The molecule has 1 saturated carbocycles. The zero-order chi connectivity index (χ0) is 13.3. The molecular weight excluding hydrogens is 224 g/mol. The van der Waals surface area contributed by atoms with Crippen LogP contribution in [0.5, 0.6) is 0 Å². The monoisotopic (exact) mass is 254 g/mol. The van der Waals surface area contributed by atoms with E-state index in [1.807, 2.05) is 0 Å². The van der Waals surface area contributed by atoms with Gasteiger partial charge in [0, 0.05) is 25.2 Å². The lowest BCUT2D eigenvalue weighted by atomic mass is 9.72.